The van der Waals surface area contributed by atoms with Crippen LogP contribution in [0, 0.1) is 0 Å². The minimum Gasteiger partial charge on any atom is -0.383 e. The van der Waals surface area contributed by atoms with Gasteiger partial charge in [-0.1, -0.05) is 0 Å². The van der Waals surface area contributed by atoms with Crippen LogP contribution >= 0.6 is 24.8 Å². The SMILES string of the molecule is COCCN1CCCC1CNC(=O)[C@H]1NCCO[C@@H]1C.Cl.Cl. The van der Waals surface area contributed by atoms with Crippen LogP contribution in [0.4, 0.5) is 0 Å². The second-order valence-electron chi connectivity index (χ2n) is 5.58. The Hall–Kier alpha value is -0.110. The quantitative estimate of drug-likeness (QED) is 0.721. The first-order chi connectivity index (χ1) is 9.72. The van der Waals surface area contributed by atoms with Gasteiger partial charge in [0.05, 0.1) is 19.3 Å². The fraction of sp³-hybridized carbons (Fsp3) is 0.929. The lowest BCUT2D eigenvalue weighted by Crippen LogP contribution is -2.56. The predicted molar refractivity (Wildman–Crippen MR) is 91.2 cm³/mol. The van der Waals surface area contributed by atoms with E-state index >= 15 is 0 Å². The van der Waals surface area contributed by atoms with Crippen molar-refractivity contribution in [1.29, 1.82) is 0 Å². The monoisotopic (exact) mass is 357 g/mol. The topological polar surface area (TPSA) is 62.8 Å². The zero-order valence-electron chi connectivity index (χ0n) is 13.4. The van der Waals surface area contributed by atoms with E-state index in [1.54, 1.807) is 7.11 Å². The number of morpholine rings is 1. The minimum absolute atomic E-state index is 0. The number of ether oxygens (including phenoxy) is 2. The van der Waals surface area contributed by atoms with E-state index in [4.69, 9.17) is 9.47 Å². The highest BCUT2D eigenvalue weighted by atomic mass is 35.5. The van der Waals surface area contributed by atoms with E-state index < -0.39 is 0 Å². The summed E-state index contributed by atoms with van der Waals surface area (Å²) in [6.07, 6.45) is 2.29. The number of nitrogens with zero attached hydrogens (tertiary/aromatic N) is 1. The summed E-state index contributed by atoms with van der Waals surface area (Å²) >= 11 is 0. The molecule has 1 amide bonds. The van der Waals surface area contributed by atoms with Gasteiger partial charge < -0.3 is 20.1 Å². The Morgan fingerprint density at radius 3 is 2.91 bits per heavy atom. The van der Waals surface area contributed by atoms with Crippen molar-refractivity contribution in [2.45, 2.75) is 38.0 Å². The average Bonchev–Trinajstić information content (AvgIpc) is 2.90. The Morgan fingerprint density at radius 2 is 2.23 bits per heavy atom. The van der Waals surface area contributed by atoms with Gasteiger partial charge in [0.15, 0.2) is 0 Å². The van der Waals surface area contributed by atoms with Crippen LogP contribution in [0.25, 0.3) is 0 Å². The number of amides is 1. The van der Waals surface area contributed by atoms with Gasteiger partial charge >= 0.3 is 0 Å². The second-order valence-corrected chi connectivity index (χ2v) is 5.58. The first-order valence-corrected chi connectivity index (χ1v) is 7.58. The average molecular weight is 358 g/mol. The molecule has 2 aliphatic rings. The molecule has 0 bridgehead atoms. The number of carbonyl (C=O) groups is 1. The van der Waals surface area contributed by atoms with E-state index in [9.17, 15) is 4.79 Å². The van der Waals surface area contributed by atoms with Crippen molar-refractivity contribution < 1.29 is 14.3 Å². The number of nitrogens with one attached hydrogen (secondary N) is 2. The van der Waals surface area contributed by atoms with E-state index in [0.717, 1.165) is 32.7 Å². The lowest BCUT2D eigenvalue weighted by Gasteiger charge is -2.30. The molecule has 8 heteroatoms. The molecule has 0 radical (unpaired) electrons. The number of methoxy groups -OCH3 is 1. The Kier molecular flexibility index (Phi) is 11.4. The first kappa shape index (κ1) is 21.9. The van der Waals surface area contributed by atoms with Crippen molar-refractivity contribution in [2.75, 3.05) is 46.5 Å². The van der Waals surface area contributed by atoms with E-state index in [-0.39, 0.29) is 42.9 Å². The summed E-state index contributed by atoms with van der Waals surface area (Å²) in [5, 5.41) is 6.29. The maximum atomic E-state index is 12.2. The van der Waals surface area contributed by atoms with Crippen LogP contribution in [0.1, 0.15) is 19.8 Å². The molecule has 3 atom stereocenters. The van der Waals surface area contributed by atoms with Crippen molar-refractivity contribution in [3.8, 4) is 0 Å². The van der Waals surface area contributed by atoms with E-state index in [0.29, 0.717) is 19.2 Å². The summed E-state index contributed by atoms with van der Waals surface area (Å²) in [6.45, 7) is 6.87. The molecule has 0 saturated carbocycles. The number of carbonyl (C=O) groups excluding carboxylic acids is 1. The van der Waals surface area contributed by atoms with Crippen LogP contribution in [-0.4, -0.2) is 75.5 Å². The number of halogens is 2. The van der Waals surface area contributed by atoms with Gasteiger partial charge in [0.25, 0.3) is 0 Å². The smallest absolute Gasteiger partial charge is 0.239 e. The molecule has 2 N–H and O–H groups in total. The lowest BCUT2D eigenvalue weighted by atomic mass is 10.1. The van der Waals surface area contributed by atoms with Gasteiger partial charge in [0.1, 0.15) is 6.04 Å². The summed E-state index contributed by atoms with van der Waals surface area (Å²) in [4.78, 5) is 14.6. The summed E-state index contributed by atoms with van der Waals surface area (Å²) < 4.78 is 10.6. The normalized spacial score (nSPS) is 28.5. The molecule has 2 fully saturated rings. The molecule has 6 nitrogen and oxygen atoms in total. The molecule has 2 aliphatic heterocycles. The molecule has 0 aliphatic carbocycles. The lowest BCUT2D eigenvalue weighted by molar-refractivity contribution is -0.129. The van der Waals surface area contributed by atoms with Gasteiger partial charge in [-0.3, -0.25) is 9.69 Å². The molecule has 2 saturated heterocycles. The number of hydrogen-bond donors (Lipinski definition) is 2. The van der Waals surface area contributed by atoms with Crippen LogP contribution in [0.15, 0.2) is 0 Å². The van der Waals surface area contributed by atoms with Crippen LogP contribution in [-0.2, 0) is 14.3 Å². The molecule has 2 heterocycles. The Labute approximate surface area is 145 Å². The van der Waals surface area contributed by atoms with Gasteiger partial charge in [-0.15, -0.1) is 24.8 Å². The third-order valence-corrected chi connectivity index (χ3v) is 4.19. The summed E-state index contributed by atoms with van der Waals surface area (Å²) in [5.41, 5.74) is 0. The fourth-order valence-corrected chi connectivity index (χ4v) is 2.98. The van der Waals surface area contributed by atoms with Crippen LogP contribution < -0.4 is 10.6 Å². The van der Waals surface area contributed by atoms with Crippen molar-refractivity contribution in [3.63, 3.8) is 0 Å². The number of rotatable bonds is 6. The molecule has 22 heavy (non-hydrogen) atoms. The number of likely N-dealkylation sites (tertiary alicyclic amines) is 1. The van der Waals surface area contributed by atoms with E-state index in [1.807, 2.05) is 6.92 Å². The Bertz CT molecular complexity index is 324. The molecule has 0 aromatic carbocycles. The highest BCUT2D eigenvalue weighted by Gasteiger charge is 2.30. The number of hydrogen-bond acceptors (Lipinski definition) is 5. The van der Waals surface area contributed by atoms with Gasteiger partial charge in [0.2, 0.25) is 5.91 Å². The summed E-state index contributed by atoms with van der Waals surface area (Å²) in [7, 11) is 1.73. The molecule has 1 unspecified atom stereocenters. The Balaban J connectivity index is 0.00000220. The van der Waals surface area contributed by atoms with Gasteiger partial charge in [-0.2, -0.15) is 0 Å². The highest BCUT2D eigenvalue weighted by Crippen LogP contribution is 2.16. The molecule has 2 rings (SSSR count). The van der Waals surface area contributed by atoms with Gasteiger partial charge in [0, 0.05) is 32.8 Å². The summed E-state index contributed by atoms with van der Waals surface area (Å²) in [5.74, 6) is 0.0517. The maximum Gasteiger partial charge on any atom is 0.239 e. The van der Waals surface area contributed by atoms with Crippen molar-refractivity contribution in [1.82, 2.24) is 15.5 Å². The molecular formula is C14H29Cl2N3O3. The maximum absolute atomic E-state index is 12.2. The standard InChI is InChI=1S/C14H27N3O3.2ClH/c1-11-13(15-5-8-20-11)14(18)16-10-12-4-3-6-17(12)7-9-19-2;;/h11-13,15H,3-10H2,1-2H3,(H,16,18);2*1H/t11-,12?,13+;;/m1../s1. The second kappa shape index (κ2) is 11.4. The van der Waals surface area contributed by atoms with Gasteiger partial charge in [-0.25, -0.2) is 0 Å². The highest BCUT2D eigenvalue weighted by molar-refractivity contribution is 5.85. The summed E-state index contributed by atoms with van der Waals surface area (Å²) in [6, 6.07) is 0.214. The largest absolute Gasteiger partial charge is 0.383 e. The molecule has 0 aromatic heterocycles. The zero-order chi connectivity index (χ0) is 14.4. The molecular weight excluding hydrogens is 329 g/mol. The predicted octanol–water partition coefficient (Wildman–Crippen LogP) is 0.434. The van der Waals surface area contributed by atoms with E-state index in [2.05, 4.69) is 15.5 Å². The van der Waals surface area contributed by atoms with Crippen molar-refractivity contribution >= 4 is 30.7 Å². The van der Waals surface area contributed by atoms with Crippen molar-refractivity contribution in [3.05, 3.63) is 0 Å². The van der Waals surface area contributed by atoms with Gasteiger partial charge in [-0.05, 0) is 26.3 Å². The zero-order valence-corrected chi connectivity index (χ0v) is 15.0. The first-order valence-electron chi connectivity index (χ1n) is 7.58. The van der Waals surface area contributed by atoms with Crippen LogP contribution in [0.5, 0.6) is 0 Å². The van der Waals surface area contributed by atoms with E-state index in [1.165, 1.54) is 6.42 Å². The van der Waals surface area contributed by atoms with Crippen LogP contribution in [0.3, 0.4) is 0 Å². The molecule has 0 spiro atoms. The van der Waals surface area contributed by atoms with Crippen molar-refractivity contribution in [2.24, 2.45) is 0 Å². The Morgan fingerprint density at radius 1 is 1.45 bits per heavy atom. The third-order valence-electron chi connectivity index (χ3n) is 4.19. The molecule has 132 valence electrons. The fourth-order valence-electron chi connectivity index (χ4n) is 2.98. The molecule has 0 aromatic rings. The minimum atomic E-state index is -0.224. The van der Waals surface area contributed by atoms with Crippen LogP contribution in [0.2, 0.25) is 0 Å². The third kappa shape index (κ3) is 6.18.